The van der Waals surface area contributed by atoms with Crippen LogP contribution in [-0.4, -0.2) is 99.3 Å². The number of nitrogens with two attached hydrogens (primary N) is 1. The molecule has 1 aliphatic rings. The van der Waals surface area contributed by atoms with E-state index < -0.39 is 18.7 Å². The third kappa shape index (κ3) is 12.8. The zero-order valence-electron chi connectivity index (χ0n) is 28.9. The molecule has 2 aromatic carbocycles. The van der Waals surface area contributed by atoms with Crippen molar-refractivity contribution in [2.45, 2.75) is 51.9 Å². The number of nitrogens with one attached hydrogen (secondary N) is 3. The summed E-state index contributed by atoms with van der Waals surface area (Å²) < 4.78 is 52.9. The topological polar surface area (TPSA) is 143 Å². The van der Waals surface area contributed by atoms with Crippen LogP contribution in [0.15, 0.2) is 42.5 Å². The lowest BCUT2D eigenvalue weighted by molar-refractivity contribution is -0.140. The highest BCUT2D eigenvalue weighted by Gasteiger charge is 2.30. The molecule has 0 unspecified atom stereocenters. The number of nitrogens with zero attached hydrogens (tertiary/aromatic N) is 2. The van der Waals surface area contributed by atoms with Crippen LogP contribution in [0.1, 0.15) is 49.2 Å². The Morgan fingerprint density at radius 2 is 1.78 bits per heavy atom. The molecule has 14 heteroatoms. The highest BCUT2D eigenvalue weighted by atomic mass is 19.4. The normalized spacial score (nSPS) is 13.2. The Morgan fingerprint density at radius 3 is 2.41 bits per heavy atom. The van der Waals surface area contributed by atoms with E-state index in [2.05, 4.69) is 38.4 Å². The van der Waals surface area contributed by atoms with Gasteiger partial charge in [0, 0.05) is 49.4 Å². The molecule has 1 aromatic heterocycles. The number of halogens is 3. The van der Waals surface area contributed by atoms with E-state index in [9.17, 15) is 22.8 Å². The Kier molecular flexibility index (Phi) is 17.3. The Hall–Kier alpha value is -4.45. The molecule has 1 fully saturated rings. The summed E-state index contributed by atoms with van der Waals surface area (Å²) in [6, 6.07) is 12.0. The summed E-state index contributed by atoms with van der Waals surface area (Å²) >= 11 is 0. The maximum absolute atomic E-state index is 13.6. The van der Waals surface area contributed by atoms with Crippen LogP contribution in [0.25, 0.3) is 10.9 Å². The van der Waals surface area contributed by atoms with Crippen LogP contribution in [0.5, 0.6) is 5.75 Å². The molecule has 1 aliphatic heterocycles. The molecule has 11 nitrogen and oxygen atoms in total. The van der Waals surface area contributed by atoms with Crippen molar-refractivity contribution in [1.82, 2.24) is 14.8 Å². The van der Waals surface area contributed by atoms with E-state index in [0.717, 1.165) is 31.6 Å². The van der Waals surface area contributed by atoms with Gasteiger partial charge in [0.05, 0.1) is 50.2 Å². The highest BCUT2D eigenvalue weighted by Crippen LogP contribution is 2.31. The molecule has 0 atom stereocenters. The zero-order valence-corrected chi connectivity index (χ0v) is 28.9. The molecule has 0 bridgehead atoms. The molecule has 0 radical (unpaired) electrons. The van der Waals surface area contributed by atoms with E-state index in [1.165, 1.54) is 25.8 Å². The molecule has 3 aromatic rings. The van der Waals surface area contributed by atoms with Gasteiger partial charge < -0.3 is 45.7 Å². The number of hydrogen-bond acceptors (Lipinski definition) is 8. The summed E-state index contributed by atoms with van der Waals surface area (Å²) in [6.45, 7) is 6.00. The number of aromatic nitrogens is 1. The average Bonchev–Trinajstić information content (AvgIpc) is 3.44. The molecule has 0 spiro atoms. The number of carbonyl (C=O) groups excluding carboxylic acids is 1. The van der Waals surface area contributed by atoms with Crippen LogP contribution < -0.4 is 26.4 Å². The van der Waals surface area contributed by atoms with E-state index in [4.69, 9.17) is 14.6 Å². The lowest BCUT2D eigenvalue weighted by atomic mass is 10.0. The number of carboxylic acids is 1. The van der Waals surface area contributed by atoms with Crippen molar-refractivity contribution in [2.24, 2.45) is 5.73 Å². The van der Waals surface area contributed by atoms with E-state index in [1.54, 1.807) is 36.4 Å². The van der Waals surface area contributed by atoms with Crippen LogP contribution in [-0.2, 0) is 16.1 Å². The van der Waals surface area contributed by atoms with Crippen LogP contribution in [0, 0.1) is 11.8 Å². The number of ether oxygens (including phenoxy) is 2. The minimum atomic E-state index is -4.44. The van der Waals surface area contributed by atoms with Crippen molar-refractivity contribution in [1.29, 1.82) is 0 Å². The Balaban J connectivity index is 0.00000201. The van der Waals surface area contributed by atoms with Crippen molar-refractivity contribution in [3.63, 3.8) is 0 Å². The summed E-state index contributed by atoms with van der Waals surface area (Å²) in [6.07, 6.45) is -2.76. The van der Waals surface area contributed by atoms with Gasteiger partial charge in [-0.05, 0) is 62.2 Å². The second-order valence-electron chi connectivity index (χ2n) is 10.6. The number of benzene rings is 2. The number of aliphatic carboxylic acids is 1. The number of rotatable bonds is 13. The molecule has 6 N–H and O–H groups in total. The molecule has 1 saturated heterocycles. The van der Waals surface area contributed by atoms with E-state index in [0.29, 0.717) is 41.1 Å². The minimum Gasteiger partial charge on any atom is -0.495 e. The first-order valence-electron chi connectivity index (χ1n) is 16.3. The summed E-state index contributed by atoms with van der Waals surface area (Å²) in [5.74, 6) is 5.13. The summed E-state index contributed by atoms with van der Waals surface area (Å²) in [7, 11) is 4.51. The maximum atomic E-state index is 13.6. The first kappa shape index (κ1) is 40.7. The van der Waals surface area contributed by atoms with Crippen LogP contribution >= 0.6 is 0 Å². The lowest BCUT2D eigenvalue weighted by Crippen LogP contribution is -2.40. The van der Waals surface area contributed by atoms with Crippen molar-refractivity contribution in [2.75, 3.05) is 71.2 Å². The third-order valence-corrected chi connectivity index (χ3v) is 7.52. The quantitative estimate of drug-likeness (QED) is 0.124. The van der Waals surface area contributed by atoms with Crippen molar-refractivity contribution >= 4 is 34.2 Å². The number of methoxy groups -OCH3 is 1. The number of likely N-dealkylation sites (tertiary alicyclic amines) is 1. The van der Waals surface area contributed by atoms with Gasteiger partial charge >= 0.3 is 12.1 Å². The van der Waals surface area contributed by atoms with Gasteiger partial charge in [0.25, 0.3) is 5.91 Å². The van der Waals surface area contributed by atoms with Crippen molar-refractivity contribution in [3.8, 4) is 17.6 Å². The van der Waals surface area contributed by atoms with Gasteiger partial charge in [-0.2, -0.15) is 13.2 Å². The van der Waals surface area contributed by atoms with E-state index >= 15 is 0 Å². The zero-order chi connectivity index (χ0) is 36.4. The fourth-order valence-electron chi connectivity index (χ4n) is 5.24. The maximum Gasteiger partial charge on any atom is 0.406 e. The number of fused-ring (bicyclic) bond motifs is 1. The summed E-state index contributed by atoms with van der Waals surface area (Å²) in [4.78, 5) is 24.8. The molecule has 1 amide bonds. The molecule has 0 saturated carbocycles. The Bertz CT molecular complexity index is 1540. The standard InChI is InChI=1S/C32H38F3N5O5.C2H6.CH5N/c1-36-31(43)22-8-9-27(29(19-22)44-2)37-13-4-5-24-20-25-26(6-3-7-28(25)40(24)21-32(33,34)35)38-23-10-14-39(15-11-23)16-18-45-17-12-30(41)42;2*1-2/h3,6-9,19-20,23,37-38H,10-18,21H2,1-2H3,(H,36,43)(H,41,42);1-2H3;2H2,1H3. The Labute approximate surface area is 286 Å². The second-order valence-corrected chi connectivity index (χ2v) is 10.6. The predicted octanol–water partition coefficient (Wildman–Crippen LogP) is 5.00. The van der Waals surface area contributed by atoms with Crippen molar-refractivity contribution in [3.05, 3.63) is 53.7 Å². The van der Waals surface area contributed by atoms with Gasteiger partial charge in [0.1, 0.15) is 12.3 Å². The lowest BCUT2D eigenvalue weighted by Gasteiger charge is -2.32. The first-order chi connectivity index (χ1) is 23.6. The Morgan fingerprint density at radius 1 is 1.06 bits per heavy atom. The molecule has 2 heterocycles. The molecule has 4 rings (SSSR count). The van der Waals surface area contributed by atoms with E-state index in [-0.39, 0.29) is 37.2 Å². The van der Waals surface area contributed by atoms with Gasteiger partial charge in [-0.3, -0.25) is 9.59 Å². The fraction of sp³-hybridized carbons (Fsp3) is 0.486. The second kappa shape index (κ2) is 20.8. The van der Waals surface area contributed by atoms with Gasteiger partial charge in [0.2, 0.25) is 0 Å². The number of hydrogen-bond donors (Lipinski definition) is 5. The van der Waals surface area contributed by atoms with Gasteiger partial charge in [-0.1, -0.05) is 25.8 Å². The number of amides is 1. The van der Waals surface area contributed by atoms with Crippen LogP contribution in [0.3, 0.4) is 0 Å². The monoisotopic (exact) mass is 690 g/mol. The highest BCUT2D eigenvalue weighted by molar-refractivity contribution is 5.95. The molecular formula is C35H49F3N6O5. The third-order valence-electron chi connectivity index (χ3n) is 7.52. The number of anilines is 2. The largest absolute Gasteiger partial charge is 0.495 e. The minimum absolute atomic E-state index is 0.0163. The predicted molar refractivity (Wildman–Crippen MR) is 187 cm³/mol. The number of piperidine rings is 1. The van der Waals surface area contributed by atoms with E-state index in [1.807, 2.05) is 19.9 Å². The number of alkyl halides is 3. The molecule has 0 aliphatic carbocycles. The smallest absolute Gasteiger partial charge is 0.406 e. The number of carbonyl (C=O) groups is 2. The molecule has 49 heavy (non-hydrogen) atoms. The molecule has 270 valence electrons. The summed E-state index contributed by atoms with van der Waals surface area (Å²) in [5, 5.41) is 18.6. The first-order valence-corrected chi connectivity index (χ1v) is 16.3. The van der Waals surface area contributed by atoms with Gasteiger partial charge in [-0.15, -0.1) is 0 Å². The fourth-order valence-corrected chi connectivity index (χ4v) is 5.24. The van der Waals surface area contributed by atoms with Crippen LogP contribution in [0.4, 0.5) is 24.5 Å². The number of carboxylic acid groups (broad SMARTS) is 1. The SMILES string of the molecule is CC.CN.CNC(=O)c1ccc(NCC#Cc2cc3c(NC4CCN(CCOCCC(=O)O)CC4)cccc3n2CC(F)(F)F)c(OC)c1. The van der Waals surface area contributed by atoms with Crippen molar-refractivity contribution < 1.29 is 37.3 Å². The van der Waals surface area contributed by atoms with Crippen LogP contribution in [0.2, 0.25) is 0 Å². The molecular weight excluding hydrogens is 641 g/mol. The summed E-state index contributed by atoms with van der Waals surface area (Å²) in [5.41, 5.74) is 6.97. The van der Waals surface area contributed by atoms with Gasteiger partial charge in [0.15, 0.2) is 0 Å². The average molecular weight is 691 g/mol. The van der Waals surface area contributed by atoms with Gasteiger partial charge in [-0.25, -0.2) is 0 Å².